The highest BCUT2D eigenvalue weighted by Crippen LogP contribution is 2.20. The number of aromatic amines is 1. The summed E-state index contributed by atoms with van der Waals surface area (Å²) >= 11 is 1.33. The summed E-state index contributed by atoms with van der Waals surface area (Å²) in [5.74, 6) is 0.591. The number of rotatable bonds is 4. The number of fused-ring (bicyclic) bond motifs is 2. The highest BCUT2D eigenvalue weighted by molar-refractivity contribution is 7.13. The number of hydrogen-bond acceptors (Lipinski definition) is 5. The Bertz CT molecular complexity index is 1320. The minimum atomic E-state index is -0.507. The van der Waals surface area contributed by atoms with Crippen LogP contribution in [-0.4, -0.2) is 14.7 Å². The molecule has 0 aliphatic carbocycles. The van der Waals surface area contributed by atoms with Crippen molar-refractivity contribution in [3.05, 3.63) is 87.4 Å². The van der Waals surface area contributed by atoms with Gasteiger partial charge in [-0.3, -0.25) is 4.79 Å². The number of imidazole rings is 1. The predicted molar refractivity (Wildman–Crippen MR) is 107 cm³/mol. The van der Waals surface area contributed by atoms with Crippen LogP contribution in [0.25, 0.3) is 32.6 Å². The molecule has 0 atom stereocenters. The van der Waals surface area contributed by atoms with E-state index in [2.05, 4.69) is 9.97 Å². The summed E-state index contributed by atoms with van der Waals surface area (Å²) in [4.78, 5) is 27.1. The molecule has 3 heterocycles. The van der Waals surface area contributed by atoms with Gasteiger partial charge in [0.15, 0.2) is 12.1 Å². The maximum atomic E-state index is 13.1. The Kier molecular flexibility index (Phi) is 3.84. The first kappa shape index (κ1) is 16.5. The second-order valence-electron chi connectivity index (χ2n) is 6.18. The number of nitrogens with zero attached hydrogens (tertiary/aromatic N) is 3. The second kappa shape index (κ2) is 6.50. The van der Waals surface area contributed by atoms with Gasteiger partial charge in [-0.15, -0.1) is 16.1 Å². The molecule has 0 unspecified atom stereocenters. The summed E-state index contributed by atoms with van der Waals surface area (Å²) in [6.45, 7) is 0.0608. The molecule has 8 heteroatoms. The van der Waals surface area contributed by atoms with Gasteiger partial charge in [0.2, 0.25) is 5.52 Å². The molecular formula is C20H14N4O3S. The van der Waals surface area contributed by atoms with Gasteiger partial charge in [0.05, 0.1) is 11.0 Å². The van der Waals surface area contributed by atoms with Crippen molar-refractivity contribution >= 4 is 33.4 Å². The number of aromatic nitrogens is 4. The van der Waals surface area contributed by atoms with Crippen LogP contribution >= 0.6 is 11.3 Å². The Morgan fingerprint density at radius 2 is 1.93 bits per heavy atom. The molecule has 3 aromatic heterocycles. The second-order valence-corrected chi connectivity index (χ2v) is 7.13. The van der Waals surface area contributed by atoms with Crippen LogP contribution in [0.2, 0.25) is 0 Å². The van der Waals surface area contributed by atoms with Crippen LogP contribution in [0.4, 0.5) is 0 Å². The smallest absolute Gasteiger partial charge is 0.358 e. The molecule has 0 fully saturated rings. The van der Waals surface area contributed by atoms with Gasteiger partial charge in [0.1, 0.15) is 10.7 Å². The van der Waals surface area contributed by atoms with E-state index in [1.807, 2.05) is 29.6 Å². The zero-order valence-corrected chi connectivity index (χ0v) is 15.3. The minimum Gasteiger partial charge on any atom is -0.618 e. The summed E-state index contributed by atoms with van der Waals surface area (Å²) in [5.41, 5.74) is 2.01. The summed E-state index contributed by atoms with van der Waals surface area (Å²) in [7, 11) is 0. The Balaban J connectivity index is 1.62. The normalized spacial score (nSPS) is 11.3. The zero-order valence-electron chi connectivity index (χ0n) is 14.5. The van der Waals surface area contributed by atoms with E-state index in [0.29, 0.717) is 26.5 Å². The van der Waals surface area contributed by atoms with Gasteiger partial charge in [-0.25, -0.2) is 4.98 Å². The molecule has 0 spiro atoms. The summed E-state index contributed by atoms with van der Waals surface area (Å²) in [5, 5.41) is 14.7. The molecule has 0 amide bonds. The Morgan fingerprint density at radius 3 is 2.75 bits per heavy atom. The van der Waals surface area contributed by atoms with E-state index in [1.54, 1.807) is 36.4 Å². The molecule has 2 aromatic carbocycles. The highest BCUT2D eigenvalue weighted by atomic mass is 32.1. The van der Waals surface area contributed by atoms with E-state index in [-0.39, 0.29) is 12.3 Å². The first-order valence-corrected chi connectivity index (χ1v) is 9.48. The standard InChI is InChI=1S/C20H14N4O3S/c25-20-19(17-10-5-11-28-17)23(26)15-8-3-4-9-16(15)24(20)27-12-18-21-13-6-1-2-7-14(13)22-18/h1-11H,12H2,(H,21,22). The van der Waals surface area contributed by atoms with Crippen molar-refractivity contribution in [3.8, 4) is 10.6 Å². The average Bonchev–Trinajstić information content (AvgIpc) is 3.37. The Hall–Kier alpha value is -3.65. The monoisotopic (exact) mass is 390 g/mol. The molecule has 1 N–H and O–H groups in total. The largest absolute Gasteiger partial charge is 0.618 e. The molecule has 7 nitrogen and oxygen atoms in total. The maximum absolute atomic E-state index is 13.1. The van der Waals surface area contributed by atoms with Crippen molar-refractivity contribution in [1.29, 1.82) is 0 Å². The molecular weight excluding hydrogens is 376 g/mol. The van der Waals surface area contributed by atoms with Crippen molar-refractivity contribution in [3.63, 3.8) is 0 Å². The van der Waals surface area contributed by atoms with Gasteiger partial charge in [0, 0.05) is 6.07 Å². The van der Waals surface area contributed by atoms with Gasteiger partial charge in [-0.05, 0) is 29.6 Å². The van der Waals surface area contributed by atoms with Crippen LogP contribution in [0.15, 0.2) is 70.8 Å². The van der Waals surface area contributed by atoms with Crippen LogP contribution in [0, 0.1) is 5.21 Å². The minimum absolute atomic E-state index is 0.0401. The van der Waals surface area contributed by atoms with Crippen LogP contribution in [0.5, 0.6) is 0 Å². The lowest BCUT2D eigenvalue weighted by molar-refractivity contribution is -0.566. The molecule has 138 valence electrons. The van der Waals surface area contributed by atoms with Crippen molar-refractivity contribution in [2.24, 2.45) is 0 Å². The van der Waals surface area contributed by atoms with Crippen molar-refractivity contribution in [2.75, 3.05) is 0 Å². The lowest BCUT2D eigenvalue weighted by Crippen LogP contribution is -2.42. The maximum Gasteiger partial charge on any atom is 0.358 e. The predicted octanol–water partition coefficient (Wildman–Crippen LogP) is 2.87. The number of thiophene rings is 1. The van der Waals surface area contributed by atoms with E-state index < -0.39 is 5.56 Å². The Morgan fingerprint density at radius 1 is 1.11 bits per heavy atom. The SMILES string of the molecule is O=c1c(-c2cccs2)[n+]([O-])c2ccccc2n1OCc1nc2ccccc2[nH]1. The number of nitrogens with one attached hydrogen (secondary N) is 1. The average molecular weight is 390 g/mol. The molecule has 5 rings (SSSR count). The van der Waals surface area contributed by atoms with Crippen molar-refractivity contribution in [1.82, 2.24) is 14.7 Å². The molecule has 5 aromatic rings. The number of H-pyrrole nitrogens is 1. The fraction of sp³-hybridized carbons (Fsp3) is 0.0500. The van der Waals surface area contributed by atoms with Gasteiger partial charge in [0.25, 0.3) is 0 Å². The molecule has 0 saturated carbocycles. The summed E-state index contributed by atoms with van der Waals surface area (Å²) < 4.78 is 1.84. The third kappa shape index (κ3) is 2.62. The first-order chi connectivity index (χ1) is 13.7. The number of hydrogen-bond donors (Lipinski definition) is 1. The molecule has 0 aliphatic heterocycles. The zero-order chi connectivity index (χ0) is 19.1. The molecule has 0 saturated heterocycles. The van der Waals surface area contributed by atoms with Crippen molar-refractivity contribution < 1.29 is 9.57 Å². The van der Waals surface area contributed by atoms with E-state index in [4.69, 9.17) is 4.84 Å². The lowest BCUT2D eigenvalue weighted by atomic mass is 10.2. The van der Waals surface area contributed by atoms with Gasteiger partial charge < -0.3 is 15.0 Å². The van der Waals surface area contributed by atoms with Gasteiger partial charge >= 0.3 is 11.3 Å². The van der Waals surface area contributed by atoms with Crippen molar-refractivity contribution in [2.45, 2.75) is 6.61 Å². The number of benzene rings is 2. The van der Waals surface area contributed by atoms with E-state index in [1.165, 1.54) is 16.1 Å². The molecule has 0 aliphatic rings. The Labute approximate surface area is 162 Å². The van der Waals surface area contributed by atoms with E-state index >= 15 is 0 Å². The van der Waals surface area contributed by atoms with Gasteiger partial charge in [-0.1, -0.05) is 30.3 Å². The van der Waals surface area contributed by atoms with Crippen LogP contribution in [0.3, 0.4) is 0 Å². The van der Waals surface area contributed by atoms with E-state index in [0.717, 1.165) is 11.0 Å². The third-order valence-electron chi connectivity index (χ3n) is 4.43. The quantitative estimate of drug-likeness (QED) is 0.378. The summed E-state index contributed by atoms with van der Waals surface area (Å²) in [6, 6.07) is 18.0. The lowest BCUT2D eigenvalue weighted by Gasteiger charge is -2.13. The molecule has 0 bridgehead atoms. The summed E-state index contributed by atoms with van der Waals surface area (Å²) in [6.07, 6.45) is 0. The number of para-hydroxylation sites is 4. The van der Waals surface area contributed by atoms with Crippen LogP contribution < -0.4 is 15.1 Å². The molecule has 0 radical (unpaired) electrons. The third-order valence-corrected chi connectivity index (χ3v) is 5.31. The van der Waals surface area contributed by atoms with Crippen LogP contribution in [-0.2, 0) is 6.61 Å². The molecule has 28 heavy (non-hydrogen) atoms. The fourth-order valence-corrected chi connectivity index (χ4v) is 3.91. The topological polar surface area (TPSA) is 86.8 Å². The van der Waals surface area contributed by atoms with E-state index in [9.17, 15) is 10.0 Å². The van der Waals surface area contributed by atoms with Crippen LogP contribution in [0.1, 0.15) is 5.82 Å². The first-order valence-electron chi connectivity index (χ1n) is 8.60. The van der Waals surface area contributed by atoms with Gasteiger partial charge in [-0.2, -0.15) is 4.73 Å². The highest BCUT2D eigenvalue weighted by Gasteiger charge is 2.24. The fourth-order valence-electron chi connectivity index (χ4n) is 3.17.